The molecule has 0 aliphatic carbocycles. The van der Waals surface area contributed by atoms with E-state index < -0.39 is 4.92 Å². The van der Waals surface area contributed by atoms with Gasteiger partial charge in [0.1, 0.15) is 18.0 Å². The Hall–Kier alpha value is -2.66. The van der Waals surface area contributed by atoms with Gasteiger partial charge in [-0.2, -0.15) is 0 Å². The maximum absolute atomic E-state index is 10.7. The summed E-state index contributed by atoms with van der Waals surface area (Å²) in [4.78, 5) is 10.3. The molecule has 5 heteroatoms. The molecule has 0 saturated carbocycles. The van der Waals surface area contributed by atoms with Crippen molar-refractivity contribution in [1.82, 2.24) is 0 Å². The quantitative estimate of drug-likeness (QED) is 0.523. The molecule has 3 aromatic rings. The van der Waals surface area contributed by atoms with Crippen LogP contribution >= 0.6 is 0 Å². The van der Waals surface area contributed by atoms with Crippen LogP contribution in [0.1, 0.15) is 11.3 Å². The lowest BCUT2D eigenvalue weighted by Gasteiger charge is -2.01. The number of ether oxygens (including phenoxy) is 1. The van der Waals surface area contributed by atoms with Gasteiger partial charge in [0.2, 0.25) is 0 Å². The van der Waals surface area contributed by atoms with Crippen LogP contribution in [0.3, 0.4) is 0 Å². The fraction of sp³-hybridized carbons (Fsp3) is 0.125. The molecule has 1 heterocycles. The van der Waals surface area contributed by atoms with Gasteiger partial charge >= 0.3 is 0 Å². The summed E-state index contributed by atoms with van der Waals surface area (Å²) >= 11 is 0. The van der Waals surface area contributed by atoms with Crippen LogP contribution in [0, 0.1) is 10.1 Å². The van der Waals surface area contributed by atoms with Crippen LogP contribution in [0.4, 0.5) is 5.69 Å². The Bertz CT molecular complexity index is 764. The lowest BCUT2D eigenvalue weighted by molar-refractivity contribution is -0.384. The van der Waals surface area contributed by atoms with Gasteiger partial charge in [-0.25, -0.2) is 0 Å². The number of benzene rings is 2. The third-order valence-corrected chi connectivity index (χ3v) is 3.12. The summed E-state index contributed by atoms with van der Waals surface area (Å²) in [5.74, 6) is 0.654. The predicted octanol–water partition coefficient (Wildman–Crippen LogP) is 4.06. The van der Waals surface area contributed by atoms with E-state index in [1.807, 2.05) is 30.3 Å². The topological polar surface area (TPSA) is 65.5 Å². The van der Waals surface area contributed by atoms with Crippen molar-refractivity contribution in [2.75, 3.05) is 0 Å². The highest BCUT2D eigenvalue weighted by Crippen LogP contribution is 2.24. The lowest BCUT2D eigenvalue weighted by atomic mass is 10.2. The van der Waals surface area contributed by atoms with Gasteiger partial charge in [-0.15, -0.1) is 0 Å². The SMILES string of the molecule is O=[N+]([O-])c1ccc2oc(COCc3ccccc3)cc2c1. The van der Waals surface area contributed by atoms with Gasteiger partial charge in [0, 0.05) is 17.5 Å². The van der Waals surface area contributed by atoms with E-state index in [4.69, 9.17) is 9.15 Å². The summed E-state index contributed by atoms with van der Waals surface area (Å²) in [6, 6.07) is 16.2. The van der Waals surface area contributed by atoms with E-state index in [1.165, 1.54) is 12.1 Å². The van der Waals surface area contributed by atoms with Crippen molar-refractivity contribution in [3.63, 3.8) is 0 Å². The van der Waals surface area contributed by atoms with Crippen LogP contribution in [-0.2, 0) is 18.0 Å². The number of nitro groups is 1. The van der Waals surface area contributed by atoms with Crippen LogP contribution < -0.4 is 0 Å². The van der Waals surface area contributed by atoms with Gasteiger partial charge in [0.25, 0.3) is 5.69 Å². The molecule has 0 bridgehead atoms. The molecule has 0 spiro atoms. The number of rotatable bonds is 5. The molecular formula is C16H13NO4. The highest BCUT2D eigenvalue weighted by Gasteiger charge is 2.10. The van der Waals surface area contributed by atoms with Crippen molar-refractivity contribution in [3.8, 4) is 0 Å². The van der Waals surface area contributed by atoms with Gasteiger partial charge in [-0.1, -0.05) is 30.3 Å². The van der Waals surface area contributed by atoms with E-state index in [2.05, 4.69) is 0 Å². The molecule has 0 atom stereocenters. The lowest BCUT2D eigenvalue weighted by Crippen LogP contribution is -1.92. The van der Waals surface area contributed by atoms with Crippen LogP contribution in [0.15, 0.2) is 59.0 Å². The zero-order valence-electron chi connectivity index (χ0n) is 11.2. The molecule has 1 aromatic heterocycles. The molecule has 0 unspecified atom stereocenters. The monoisotopic (exact) mass is 283 g/mol. The Balaban J connectivity index is 1.68. The van der Waals surface area contributed by atoms with E-state index >= 15 is 0 Å². The normalized spacial score (nSPS) is 10.9. The Morgan fingerprint density at radius 1 is 1.05 bits per heavy atom. The van der Waals surface area contributed by atoms with E-state index in [9.17, 15) is 10.1 Å². The second-order valence-corrected chi connectivity index (χ2v) is 4.67. The van der Waals surface area contributed by atoms with Crippen LogP contribution in [-0.4, -0.2) is 4.92 Å². The largest absolute Gasteiger partial charge is 0.459 e. The summed E-state index contributed by atoms with van der Waals surface area (Å²) < 4.78 is 11.2. The second kappa shape index (κ2) is 5.76. The maximum atomic E-state index is 10.7. The molecule has 0 amide bonds. The summed E-state index contributed by atoms with van der Waals surface area (Å²) in [5, 5.41) is 11.4. The summed E-state index contributed by atoms with van der Waals surface area (Å²) in [7, 11) is 0. The minimum absolute atomic E-state index is 0.0556. The van der Waals surface area contributed by atoms with Crippen molar-refractivity contribution in [2.24, 2.45) is 0 Å². The zero-order chi connectivity index (χ0) is 14.7. The number of non-ortho nitro benzene ring substituents is 1. The van der Waals surface area contributed by atoms with Crippen molar-refractivity contribution in [2.45, 2.75) is 13.2 Å². The number of furan rings is 1. The smallest absolute Gasteiger partial charge is 0.270 e. The molecule has 0 aliphatic rings. The number of nitrogens with zero attached hydrogens (tertiary/aromatic N) is 1. The first-order valence-electron chi connectivity index (χ1n) is 6.51. The van der Waals surface area contributed by atoms with Gasteiger partial charge in [0.15, 0.2) is 0 Å². The Labute approximate surface area is 120 Å². The van der Waals surface area contributed by atoms with Crippen molar-refractivity contribution >= 4 is 16.7 Å². The molecule has 21 heavy (non-hydrogen) atoms. The van der Waals surface area contributed by atoms with Gasteiger partial charge < -0.3 is 9.15 Å². The number of nitro benzene ring substituents is 1. The fourth-order valence-corrected chi connectivity index (χ4v) is 2.11. The average molecular weight is 283 g/mol. The average Bonchev–Trinajstić information content (AvgIpc) is 2.90. The summed E-state index contributed by atoms with van der Waals surface area (Å²) in [5.41, 5.74) is 1.77. The highest BCUT2D eigenvalue weighted by molar-refractivity contribution is 5.80. The molecule has 0 aliphatic heterocycles. The first kappa shape index (κ1) is 13.3. The molecular weight excluding hydrogens is 270 g/mol. The molecule has 3 rings (SSSR count). The van der Waals surface area contributed by atoms with Crippen molar-refractivity contribution < 1.29 is 14.1 Å². The van der Waals surface area contributed by atoms with E-state index in [0.29, 0.717) is 29.9 Å². The molecule has 2 aromatic carbocycles. The Morgan fingerprint density at radius 2 is 1.86 bits per heavy atom. The van der Waals surface area contributed by atoms with Crippen LogP contribution in [0.2, 0.25) is 0 Å². The molecule has 106 valence electrons. The van der Waals surface area contributed by atoms with Gasteiger partial charge in [-0.3, -0.25) is 10.1 Å². The minimum Gasteiger partial charge on any atom is -0.459 e. The number of fused-ring (bicyclic) bond motifs is 1. The molecule has 5 nitrogen and oxygen atoms in total. The third-order valence-electron chi connectivity index (χ3n) is 3.12. The van der Waals surface area contributed by atoms with Gasteiger partial charge in [0.05, 0.1) is 11.5 Å². The molecule has 0 fully saturated rings. The molecule has 0 N–H and O–H groups in total. The Kier molecular flexibility index (Phi) is 3.66. The highest BCUT2D eigenvalue weighted by atomic mass is 16.6. The fourth-order valence-electron chi connectivity index (χ4n) is 2.11. The van der Waals surface area contributed by atoms with E-state index in [-0.39, 0.29) is 5.69 Å². The van der Waals surface area contributed by atoms with Crippen LogP contribution in [0.5, 0.6) is 0 Å². The zero-order valence-corrected chi connectivity index (χ0v) is 11.2. The van der Waals surface area contributed by atoms with Gasteiger partial charge in [-0.05, 0) is 17.7 Å². The predicted molar refractivity (Wildman–Crippen MR) is 77.8 cm³/mol. The number of hydrogen-bond donors (Lipinski definition) is 0. The first-order valence-corrected chi connectivity index (χ1v) is 6.51. The molecule has 0 saturated heterocycles. The number of hydrogen-bond acceptors (Lipinski definition) is 4. The Morgan fingerprint density at radius 3 is 2.62 bits per heavy atom. The third kappa shape index (κ3) is 3.09. The summed E-state index contributed by atoms with van der Waals surface area (Å²) in [6.07, 6.45) is 0. The minimum atomic E-state index is -0.419. The first-order chi connectivity index (χ1) is 10.2. The van der Waals surface area contributed by atoms with E-state index in [0.717, 1.165) is 5.56 Å². The van der Waals surface area contributed by atoms with Crippen molar-refractivity contribution in [1.29, 1.82) is 0 Å². The van der Waals surface area contributed by atoms with Crippen molar-refractivity contribution in [3.05, 3.63) is 76.0 Å². The summed E-state index contributed by atoms with van der Waals surface area (Å²) in [6.45, 7) is 0.829. The maximum Gasteiger partial charge on any atom is 0.270 e. The van der Waals surface area contributed by atoms with Crippen LogP contribution in [0.25, 0.3) is 11.0 Å². The molecule has 0 radical (unpaired) electrons. The second-order valence-electron chi connectivity index (χ2n) is 4.67. The van der Waals surface area contributed by atoms with E-state index in [1.54, 1.807) is 12.1 Å². The standard InChI is InChI=1S/C16H13NO4/c18-17(19)14-6-7-16-13(8-14)9-15(21-16)11-20-10-12-4-2-1-3-5-12/h1-9H,10-11H2.